The minimum absolute atomic E-state index is 0.274. The third-order valence-electron chi connectivity index (χ3n) is 5.49. The number of ether oxygens (including phenoxy) is 3. The van der Waals surface area contributed by atoms with Crippen molar-refractivity contribution in [3.63, 3.8) is 0 Å². The number of esters is 1. The summed E-state index contributed by atoms with van der Waals surface area (Å²) < 4.78 is 15.8. The number of carbonyl (C=O) groups is 2. The van der Waals surface area contributed by atoms with Crippen LogP contribution in [0.1, 0.15) is 33.4 Å². The van der Waals surface area contributed by atoms with Crippen molar-refractivity contribution in [2.75, 3.05) is 33.2 Å². The van der Waals surface area contributed by atoms with Gasteiger partial charge in [0.2, 0.25) is 0 Å². The molecule has 4 rings (SSSR count). The number of rotatable bonds is 5. The Bertz CT molecular complexity index is 1140. The molecule has 9 nitrogen and oxygen atoms in total. The van der Waals surface area contributed by atoms with E-state index in [2.05, 4.69) is 15.3 Å². The number of aromatic nitrogens is 2. The standard InChI is InChI=1S/C23H24N4O5/c1-30-14-8-9-19(31-2)16(12-14)21-20-18(24-13-25-20)10-11-27(21)23(29)26-17-7-5-4-6-15(17)22(28)32-3/h4-9,12-13,21H,10-11H2,1-3H3,(H,24,25)(H,26,29)/t21-/m0/s1. The Morgan fingerprint density at radius 1 is 1.12 bits per heavy atom. The minimum Gasteiger partial charge on any atom is -0.497 e. The van der Waals surface area contributed by atoms with E-state index in [1.165, 1.54) is 7.11 Å². The molecule has 32 heavy (non-hydrogen) atoms. The zero-order valence-electron chi connectivity index (χ0n) is 18.0. The quantitative estimate of drug-likeness (QED) is 0.594. The van der Waals surface area contributed by atoms with E-state index >= 15 is 0 Å². The predicted molar refractivity (Wildman–Crippen MR) is 117 cm³/mol. The first-order chi connectivity index (χ1) is 15.6. The number of H-pyrrole nitrogens is 1. The van der Waals surface area contributed by atoms with Crippen molar-refractivity contribution in [3.05, 3.63) is 71.3 Å². The molecule has 0 saturated heterocycles. The average Bonchev–Trinajstić information content (AvgIpc) is 3.31. The number of hydrogen-bond donors (Lipinski definition) is 2. The summed E-state index contributed by atoms with van der Waals surface area (Å²) in [6, 6.07) is 11.3. The fraction of sp³-hybridized carbons (Fsp3) is 0.261. The molecule has 1 aliphatic rings. The maximum absolute atomic E-state index is 13.5. The molecule has 1 aromatic heterocycles. The summed E-state index contributed by atoms with van der Waals surface area (Å²) in [6.07, 6.45) is 2.24. The van der Waals surface area contributed by atoms with Crippen LogP contribution in [-0.2, 0) is 11.2 Å². The number of aromatic amines is 1. The monoisotopic (exact) mass is 436 g/mol. The van der Waals surface area contributed by atoms with Gasteiger partial charge >= 0.3 is 12.0 Å². The van der Waals surface area contributed by atoms with Crippen molar-refractivity contribution in [1.29, 1.82) is 0 Å². The van der Waals surface area contributed by atoms with E-state index in [0.717, 1.165) is 17.0 Å². The molecule has 0 aliphatic carbocycles. The van der Waals surface area contributed by atoms with Gasteiger partial charge in [0, 0.05) is 24.2 Å². The fourth-order valence-corrected chi connectivity index (χ4v) is 3.93. The Hall–Kier alpha value is -4.01. The second-order valence-electron chi connectivity index (χ2n) is 7.19. The van der Waals surface area contributed by atoms with E-state index in [0.29, 0.717) is 30.2 Å². The number of hydrogen-bond acceptors (Lipinski definition) is 6. The van der Waals surface area contributed by atoms with E-state index in [1.54, 1.807) is 61.8 Å². The molecule has 2 amide bonds. The molecular weight excluding hydrogens is 412 g/mol. The average molecular weight is 436 g/mol. The van der Waals surface area contributed by atoms with Gasteiger partial charge in [0.15, 0.2) is 0 Å². The summed E-state index contributed by atoms with van der Waals surface area (Å²) in [5, 5.41) is 2.86. The lowest BCUT2D eigenvalue weighted by Gasteiger charge is -2.36. The second kappa shape index (κ2) is 9.01. The number of nitrogens with zero attached hydrogens (tertiary/aromatic N) is 2. The lowest BCUT2D eigenvalue weighted by atomic mass is 9.95. The lowest BCUT2D eigenvalue weighted by Crippen LogP contribution is -2.43. The smallest absolute Gasteiger partial charge is 0.339 e. The molecule has 2 N–H and O–H groups in total. The Labute approximate surface area is 185 Å². The van der Waals surface area contributed by atoms with E-state index in [4.69, 9.17) is 14.2 Å². The molecule has 0 bridgehead atoms. The van der Waals surface area contributed by atoms with Crippen molar-refractivity contribution < 1.29 is 23.8 Å². The summed E-state index contributed by atoms with van der Waals surface area (Å²) >= 11 is 0. The number of methoxy groups -OCH3 is 3. The van der Waals surface area contributed by atoms with E-state index < -0.39 is 12.0 Å². The van der Waals surface area contributed by atoms with Crippen LogP contribution < -0.4 is 14.8 Å². The highest BCUT2D eigenvalue weighted by atomic mass is 16.5. The Morgan fingerprint density at radius 3 is 2.69 bits per heavy atom. The number of nitrogens with one attached hydrogen (secondary N) is 2. The maximum Gasteiger partial charge on any atom is 0.339 e. The number of carbonyl (C=O) groups excluding carboxylic acids is 2. The molecule has 0 radical (unpaired) electrons. The number of para-hydroxylation sites is 1. The molecule has 0 spiro atoms. The number of amides is 2. The van der Waals surface area contributed by atoms with Gasteiger partial charge in [-0.1, -0.05) is 12.1 Å². The van der Waals surface area contributed by atoms with E-state index in [-0.39, 0.29) is 11.6 Å². The third-order valence-corrected chi connectivity index (χ3v) is 5.49. The second-order valence-corrected chi connectivity index (χ2v) is 7.19. The molecule has 0 fully saturated rings. The van der Waals surface area contributed by atoms with Gasteiger partial charge in [-0.25, -0.2) is 14.6 Å². The predicted octanol–water partition coefficient (Wildman–Crippen LogP) is 3.39. The van der Waals surface area contributed by atoms with Gasteiger partial charge in [0.25, 0.3) is 0 Å². The van der Waals surface area contributed by atoms with Crippen molar-refractivity contribution in [2.45, 2.75) is 12.5 Å². The maximum atomic E-state index is 13.5. The summed E-state index contributed by atoms with van der Waals surface area (Å²) in [5.74, 6) is 0.722. The van der Waals surface area contributed by atoms with Gasteiger partial charge in [-0.15, -0.1) is 0 Å². The molecular formula is C23H24N4O5. The highest BCUT2D eigenvalue weighted by molar-refractivity contribution is 6.01. The van der Waals surface area contributed by atoms with Crippen LogP contribution >= 0.6 is 0 Å². The summed E-state index contributed by atoms with van der Waals surface area (Å²) in [7, 11) is 4.47. The topological polar surface area (TPSA) is 106 Å². The van der Waals surface area contributed by atoms with Crippen molar-refractivity contribution >= 4 is 17.7 Å². The van der Waals surface area contributed by atoms with Crippen LogP contribution in [0.3, 0.4) is 0 Å². The van der Waals surface area contributed by atoms with Crippen LogP contribution in [0.5, 0.6) is 11.5 Å². The number of urea groups is 1. The van der Waals surface area contributed by atoms with Crippen LogP contribution in [0.4, 0.5) is 10.5 Å². The lowest BCUT2D eigenvalue weighted by molar-refractivity contribution is 0.0602. The highest BCUT2D eigenvalue weighted by Gasteiger charge is 2.36. The Balaban J connectivity index is 1.74. The number of fused-ring (bicyclic) bond motifs is 1. The summed E-state index contributed by atoms with van der Waals surface area (Å²) in [6.45, 7) is 0.437. The van der Waals surface area contributed by atoms with Crippen LogP contribution in [0.15, 0.2) is 48.8 Å². The van der Waals surface area contributed by atoms with Gasteiger partial charge in [0.05, 0.1) is 44.6 Å². The number of benzene rings is 2. The van der Waals surface area contributed by atoms with Crippen molar-refractivity contribution in [3.8, 4) is 11.5 Å². The molecule has 2 heterocycles. The van der Waals surface area contributed by atoms with Crippen molar-refractivity contribution in [2.24, 2.45) is 0 Å². The summed E-state index contributed by atoms with van der Waals surface area (Å²) in [4.78, 5) is 34.9. The van der Waals surface area contributed by atoms with Crippen LogP contribution in [-0.4, -0.2) is 54.7 Å². The molecule has 9 heteroatoms. The molecule has 0 unspecified atom stereocenters. The van der Waals surface area contributed by atoms with Gasteiger partial charge < -0.3 is 29.4 Å². The zero-order valence-corrected chi connectivity index (χ0v) is 18.0. The van der Waals surface area contributed by atoms with Gasteiger partial charge in [-0.3, -0.25) is 0 Å². The number of imidazole rings is 1. The molecule has 1 aliphatic heterocycles. The molecule has 1 atom stereocenters. The normalized spacial score (nSPS) is 15.0. The van der Waals surface area contributed by atoms with E-state index in [9.17, 15) is 9.59 Å². The zero-order chi connectivity index (χ0) is 22.7. The van der Waals surface area contributed by atoms with Crippen LogP contribution in [0.2, 0.25) is 0 Å². The first-order valence-corrected chi connectivity index (χ1v) is 10.1. The first kappa shape index (κ1) is 21.2. The third kappa shape index (κ3) is 3.84. The minimum atomic E-state index is -0.528. The summed E-state index contributed by atoms with van der Waals surface area (Å²) in [5.41, 5.74) is 3.08. The van der Waals surface area contributed by atoms with Crippen LogP contribution in [0.25, 0.3) is 0 Å². The van der Waals surface area contributed by atoms with Gasteiger partial charge in [-0.2, -0.15) is 0 Å². The molecule has 166 valence electrons. The highest BCUT2D eigenvalue weighted by Crippen LogP contribution is 2.40. The molecule has 0 saturated carbocycles. The van der Waals surface area contributed by atoms with Crippen LogP contribution in [0, 0.1) is 0 Å². The number of anilines is 1. The molecule has 3 aromatic rings. The molecule has 2 aromatic carbocycles. The first-order valence-electron chi connectivity index (χ1n) is 10.1. The SMILES string of the molecule is COC(=O)c1ccccc1NC(=O)N1CCc2[nH]cnc2[C@@H]1c1cc(OC)ccc1OC. The van der Waals surface area contributed by atoms with Gasteiger partial charge in [0.1, 0.15) is 17.5 Å². The Kier molecular flexibility index (Phi) is 5.98. The van der Waals surface area contributed by atoms with Gasteiger partial charge in [-0.05, 0) is 30.3 Å². The Morgan fingerprint density at radius 2 is 1.94 bits per heavy atom. The van der Waals surface area contributed by atoms with E-state index in [1.807, 2.05) is 6.07 Å². The largest absolute Gasteiger partial charge is 0.497 e. The fourth-order valence-electron chi connectivity index (χ4n) is 3.93. The van der Waals surface area contributed by atoms with Crippen molar-refractivity contribution in [1.82, 2.24) is 14.9 Å².